The molecule has 0 radical (unpaired) electrons. The fraction of sp³-hybridized carbons (Fsp3) is 0. The van der Waals surface area contributed by atoms with Crippen LogP contribution in [0.1, 0.15) is 0 Å². The zero-order valence-electron chi connectivity index (χ0n) is 25.6. The zero-order chi connectivity index (χ0) is 30.9. The third-order valence-corrected chi connectivity index (χ3v) is 9.79. The lowest BCUT2D eigenvalue weighted by Gasteiger charge is -2.18. The monoisotopic (exact) mass is 596 g/mol. The minimum absolute atomic E-state index is 0.919. The molecular weight excluding hydrogens is 569 g/mol. The summed E-state index contributed by atoms with van der Waals surface area (Å²) in [5.41, 5.74) is 9.29. The van der Waals surface area contributed by atoms with E-state index in [1.807, 2.05) is 0 Å². The van der Waals surface area contributed by atoms with Crippen molar-refractivity contribution in [2.75, 3.05) is 0 Å². The fourth-order valence-corrected chi connectivity index (χ4v) is 7.58. The molecule has 0 aliphatic heterocycles. The molecule has 1 aromatic heterocycles. The lowest BCUT2D eigenvalue weighted by Crippen LogP contribution is -1.90. The van der Waals surface area contributed by atoms with Gasteiger partial charge in [0, 0.05) is 10.8 Å². The average molecular weight is 597 g/mol. The van der Waals surface area contributed by atoms with Crippen molar-refractivity contribution in [3.8, 4) is 33.4 Å². The summed E-state index contributed by atoms with van der Waals surface area (Å²) in [5.74, 6) is 0. The first kappa shape index (κ1) is 26.1. The average Bonchev–Trinajstić information content (AvgIpc) is 3.49. The highest BCUT2D eigenvalue weighted by Gasteiger charge is 2.17. The fourth-order valence-electron chi connectivity index (χ4n) is 7.58. The van der Waals surface area contributed by atoms with Gasteiger partial charge in [-0.05, 0) is 113 Å². The maximum atomic E-state index is 6.27. The van der Waals surface area contributed by atoms with E-state index in [1.54, 1.807) is 0 Å². The maximum absolute atomic E-state index is 6.27. The minimum Gasteiger partial charge on any atom is -0.456 e. The van der Waals surface area contributed by atoms with E-state index < -0.39 is 0 Å². The molecule has 1 heteroatoms. The van der Waals surface area contributed by atoms with Crippen LogP contribution in [0.4, 0.5) is 0 Å². The maximum Gasteiger partial charge on any atom is 0.136 e. The van der Waals surface area contributed by atoms with Crippen LogP contribution in [-0.4, -0.2) is 0 Å². The first-order valence-corrected chi connectivity index (χ1v) is 16.2. The number of benzene rings is 9. The zero-order valence-corrected chi connectivity index (χ0v) is 25.6. The third-order valence-electron chi connectivity index (χ3n) is 9.79. The van der Waals surface area contributed by atoms with Gasteiger partial charge in [0.25, 0.3) is 0 Å². The van der Waals surface area contributed by atoms with Crippen molar-refractivity contribution >= 4 is 65.0 Å². The van der Waals surface area contributed by atoms with Crippen LogP contribution < -0.4 is 0 Å². The van der Waals surface area contributed by atoms with Crippen LogP contribution in [0.3, 0.4) is 0 Å². The van der Waals surface area contributed by atoms with Crippen molar-refractivity contribution in [1.29, 1.82) is 0 Å². The van der Waals surface area contributed by atoms with Gasteiger partial charge in [0.2, 0.25) is 0 Å². The van der Waals surface area contributed by atoms with E-state index in [2.05, 4.69) is 170 Å². The van der Waals surface area contributed by atoms with Gasteiger partial charge in [-0.3, -0.25) is 0 Å². The normalized spacial score (nSPS) is 11.8. The molecule has 0 spiro atoms. The molecule has 0 bridgehead atoms. The van der Waals surface area contributed by atoms with Crippen LogP contribution in [0.2, 0.25) is 0 Å². The minimum atomic E-state index is 0.919. The molecular formula is C46H28O. The van der Waals surface area contributed by atoms with E-state index in [0.717, 1.165) is 21.9 Å². The molecule has 0 aliphatic rings. The van der Waals surface area contributed by atoms with Gasteiger partial charge >= 0.3 is 0 Å². The summed E-state index contributed by atoms with van der Waals surface area (Å²) in [7, 11) is 0. The van der Waals surface area contributed by atoms with Gasteiger partial charge in [0.05, 0.1) is 0 Å². The second-order valence-electron chi connectivity index (χ2n) is 12.5. The molecule has 1 nitrogen and oxygen atoms in total. The molecule has 218 valence electrons. The van der Waals surface area contributed by atoms with Crippen LogP contribution in [0, 0.1) is 0 Å². The standard InChI is InChI=1S/C46H28O/c1-2-10-29(11-3-1)45-37-14-6-8-16-39(37)46(40-17-9-7-15-38(40)45)36-21-20-32-24-33(18-19-34(32)25-36)35-22-23-43-41(27-35)42-26-30-12-4-5-13-31(30)28-44(42)47-43/h1-28H. The number of furan rings is 1. The van der Waals surface area contributed by atoms with E-state index in [-0.39, 0.29) is 0 Å². The van der Waals surface area contributed by atoms with Crippen LogP contribution in [0.25, 0.3) is 98.4 Å². The second kappa shape index (κ2) is 10.2. The Balaban J connectivity index is 1.12. The van der Waals surface area contributed by atoms with Crippen LogP contribution in [0.5, 0.6) is 0 Å². The van der Waals surface area contributed by atoms with Gasteiger partial charge < -0.3 is 4.42 Å². The molecule has 0 saturated heterocycles. The van der Waals surface area contributed by atoms with Crippen molar-refractivity contribution in [2.45, 2.75) is 0 Å². The van der Waals surface area contributed by atoms with Gasteiger partial charge in [-0.2, -0.15) is 0 Å². The second-order valence-corrected chi connectivity index (χ2v) is 12.5. The Morgan fingerprint density at radius 2 is 0.723 bits per heavy atom. The molecule has 0 saturated carbocycles. The molecule has 10 rings (SSSR count). The lowest BCUT2D eigenvalue weighted by molar-refractivity contribution is 0.669. The Hall–Kier alpha value is -6.18. The third kappa shape index (κ3) is 4.10. The van der Waals surface area contributed by atoms with Gasteiger partial charge in [-0.1, -0.05) is 133 Å². The topological polar surface area (TPSA) is 13.1 Å². The number of rotatable bonds is 3. The molecule has 0 aliphatic carbocycles. The van der Waals surface area contributed by atoms with Crippen LogP contribution in [0.15, 0.2) is 174 Å². The highest BCUT2D eigenvalue weighted by molar-refractivity contribution is 6.21. The van der Waals surface area contributed by atoms with Gasteiger partial charge in [0.15, 0.2) is 0 Å². The van der Waals surface area contributed by atoms with Gasteiger partial charge in [-0.25, -0.2) is 0 Å². The summed E-state index contributed by atoms with van der Waals surface area (Å²) in [4.78, 5) is 0. The van der Waals surface area contributed by atoms with Gasteiger partial charge in [-0.15, -0.1) is 0 Å². The van der Waals surface area contributed by atoms with E-state index in [0.29, 0.717) is 0 Å². The SMILES string of the molecule is c1ccc(-c2c3ccccc3c(-c3ccc4cc(-c5ccc6oc7cc8ccccc8cc7c6c5)ccc4c3)c3ccccc23)cc1. The number of fused-ring (bicyclic) bond motifs is 7. The highest BCUT2D eigenvalue weighted by Crippen LogP contribution is 2.44. The molecule has 0 atom stereocenters. The van der Waals surface area contributed by atoms with Crippen molar-refractivity contribution < 1.29 is 4.42 Å². The first-order valence-electron chi connectivity index (χ1n) is 16.2. The molecule has 1 heterocycles. The van der Waals surface area contributed by atoms with Crippen molar-refractivity contribution in [2.24, 2.45) is 0 Å². The van der Waals surface area contributed by atoms with E-state index in [4.69, 9.17) is 4.42 Å². The Kier molecular flexibility index (Phi) is 5.64. The Morgan fingerprint density at radius 3 is 1.40 bits per heavy atom. The molecule has 0 unspecified atom stereocenters. The molecule has 10 aromatic rings. The first-order chi connectivity index (χ1) is 23.3. The quantitative estimate of drug-likeness (QED) is 0.185. The molecule has 0 fully saturated rings. The molecule has 9 aromatic carbocycles. The van der Waals surface area contributed by atoms with Crippen LogP contribution in [-0.2, 0) is 0 Å². The van der Waals surface area contributed by atoms with E-state index in [9.17, 15) is 0 Å². The molecule has 47 heavy (non-hydrogen) atoms. The Morgan fingerprint density at radius 1 is 0.255 bits per heavy atom. The summed E-state index contributed by atoms with van der Waals surface area (Å²) < 4.78 is 6.27. The van der Waals surface area contributed by atoms with Crippen LogP contribution >= 0.6 is 0 Å². The molecule has 0 amide bonds. The Labute approximate surface area is 271 Å². The van der Waals surface area contributed by atoms with Crippen molar-refractivity contribution in [1.82, 2.24) is 0 Å². The summed E-state index contributed by atoms with van der Waals surface area (Å²) in [5, 5.41) is 12.3. The Bertz CT molecular complexity index is 2780. The largest absolute Gasteiger partial charge is 0.456 e. The van der Waals surface area contributed by atoms with Crippen molar-refractivity contribution in [3.05, 3.63) is 170 Å². The summed E-state index contributed by atoms with van der Waals surface area (Å²) in [6, 6.07) is 61.7. The smallest absolute Gasteiger partial charge is 0.136 e. The summed E-state index contributed by atoms with van der Waals surface area (Å²) in [6.07, 6.45) is 0. The predicted molar refractivity (Wildman–Crippen MR) is 200 cm³/mol. The van der Waals surface area contributed by atoms with Crippen molar-refractivity contribution in [3.63, 3.8) is 0 Å². The predicted octanol–water partition coefficient (Wildman–Crippen LogP) is 13.2. The molecule has 0 N–H and O–H groups in total. The number of hydrogen-bond acceptors (Lipinski definition) is 1. The summed E-state index contributed by atoms with van der Waals surface area (Å²) in [6.45, 7) is 0. The number of hydrogen-bond donors (Lipinski definition) is 0. The highest BCUT2D eigenvalue weighted by atomic mass is 16.3. The summed E-state index contributed by atoms with van der Waals surface area (Å²) >= 11 is 0. The lowest BCUT2D eigenvalue weighted by atomic mass is 9.85. The van der Waals surface area contributed by atoms with E-state index in [1.165, 1.54) is 76.5 Å². The van der Waals surface area contributed by atoms with Gasteiger partial charge in [0.1, 0.15) is 11.2 Å². The van der Waals surface area contributed by atoms with E-state index >= 15 is 0 Å².